The molecule has 0 radical (unpaired) electrons. The van der Waals surface area contributed by atoms with E-state index in [0.29, 0.717) is 18.7 Å². The number of carbonyl (C=O) groups excluding carboxylic acids is 2. The maximum Gasteiger partial charge on any atom is 0.494 e. The van der Waals surface area contributed by atoms with E-state index in [9.17, 15) is 9.59 Å². The van der Waals surface area contributed by atoms with E-state index < -0.39 is 24.4 Å². The van der Waals surface area contributed by atoms with Crippen molar-refractivity contribution >= 4 is 37.2 Å². The third-order valence-electron chi connectivity index (χ3n) is 6.27. The van der Waals surface area contributed by atoms with Gasteiger partial charge in [0.05, 0.1) is 11.2 Å². The Morgan fingerprint density at radius 2 is 1.79 bits per heavy atom. The first-order chi connectivity index (χ1) is 15.5. The predicted molar refractivity (Wildman–Crippen MR) is 132 cm³/mol. The first-order valence-electron chi connectivity index (χ1n) is 11.2. The van der Waals surface area contributed by atoms with Crippen molar-refractivity contribution < 1.29 is 23.6 Å². The van der Waals surface area contributed by atoms with Crippen LogP contribution in [0.25, 0.3) is 0 Å². The minimum absolute atomic E-state index is 0.0374. The number of alkyl carbamates (subject to hydrolysis) is 1. The van der Waals surface area contributed by atoms with Crippen LogP contribution in [0.2, 0.25) is 0 Å². The van der Waals surface area contributed by atoms with Gasteiger partial charge in [-0.2, -0.15) is 12.6 Å². The summed E-state index contributed by atoms with van der Waals surface area (Å²) >= 11 is 4.13. The van der Waals surface area contributed by atoms with Gasteiger partial charge in [-0.05, 0) is 50.4 Å². The Morgan fingerprint density at radius 3 is 2.39 bits per heavy atom. The molecule has 2 aliphatic rings. The number of ether oxygens (including phenoxy) is 1. The highest BCUT2D eigenvalue weighted by Crippen LogP contribution is 2.36. The van der Waals surface area contributed by atoms with E-state index in [1.807, 2.05) is 71.0 Å². The van der Waals surface area contributed by atoms with Gasteiger partial charge < -0.3 is 19.4 Å². The molecule has 178 valence electrons. The van der Waals surface area contributed by atoms with Crippen LogP contribution in [0.3, 0.4) is 0 Å². The molecule has 0 spiro atoms. The third-order valence-corrected chi connectivity index (χ3v) is 6.82. The van der Waals surface area contributed by atoms with Gasteiger partial charge in [-0.3, -0.25) is 10.1 Å². The number of allylic oxidation sites excluding steroid dienone is 1. The number of rotatable bonds is 8. The summed E-state index contributed by atoms with van der Waals surface area (Å²) in [5.74, 6) is 0.322. The molecule has 2 N–H and O–H groups in total. The molecule has 0 saturated carbocycles. The number of benzene rings is 1. The van der Waals surface area contributed by atoms with Crippen molar-refractivity contribution in [2.75, 3.05) is 12.3 Å². The van der Waals surface area contributed by atoms with E-state index in [-0.39, 0.29) is 18.4 Å². The van der Waals surface area contributed by atoms with Crippen molar-refractivity contribution in [2.24, 2.45) is 5.92 Å². The summed E-state index contributed by atoms with van der Waals surface area (Å²) in [5, 5.41) is 5.62. The second-order valence-corrected chi connectivity index (χ2v) is 9.85. The standard InChI is InChI=1S/C24H33BN2O5S/c1-16(15-33)21(28)26-13-18-8-11-20(12-18)27-22(29)30-14-17-6-9-19(10-7-17)25-31-23(2,3)24(4,5)32-25/h6-10,12,16,33H,11,13-15H2,1-5H3,(H,26,28)(H,27,29). The van der Waals surface area contributed by atoms with E-state index in [2.05, 4.69) is 23.3 Å². The van der Waals surface area contributed by atoms with E-state index in [4.69, 9.17) is 14.0 Å². The molecule has 1 aliphatic carbocycles. The highest BCUT2D eigenvalue weighted by atomic mass is 32.1. The van der Waals surface area contributed by atoms with Gasteiger partial charge in [-0.25, -0.2) is 4.79 Å². The Balaban J connectivity index is 1.43. The number of thiol groups is 1. The van der Waals surface area contributed by atoms with Crippen LogP contribution < -0.4 is 16.1 Å². The third kappa shape index (κ3) is 6.43. The van der Waals surface area contributed by atoms with Crippen molar-refractivity contribution in [1.82, 2.24) is 10.6 Å². The first-order valence-corrected chi connectivity index (χ1v) is 11.8. The molecule has 1 fully saturated rings. The molecule has 0 bridgehead atoms. The fraction of sp³-hybridized carbons (Fsp3) is 0.500. The summed E-state index contributed by atoms with van der Waals surface area (Å²) in [6.45, 7) is 10.5. The quantitative estimate of drug-likeness (QED) is 0.400. The lowest BCUT2D eigenvalue weighted by Crippen LogP contribution is -2.41. The molecule has 1 aliphatic heterocycles. The second-order valence-electron chi connectivity index (χ2n) is 9.49. The van der Waals surface area contributed by atoms with Gasteiger partial charge in [0.2, 0.25) is 5.91 Å². The van der Waals surface area contributed by atoms with Crippen molar-refractivity contribution in [1.29, 1.82) is 0 Å². The smallest absolute Gasteiger partial charge is 0.444 e. The number of amides is 2. The minimum atomic E-state index is -0.515. The summed E-state index contributed by atoms with van der Waals surface area (Å²) in [5.41, 5.74) is 2.69. The van der Waals surface area contributed by atoms with E-state index in [1.165, 1.54) is 0 Å². The predicted octanol–water partition coefficient (Wildman–Crippen LogP) is 3.11. The van der Waals surface area contributed by atoms with Crippen LogP contribution in [0.4, 0.5) is 4.79 Å². The molecule has 7 nitrogen and oxygen atoms in total. The summed E-state index contributed by atoms with van der Waals surface area (Å²) in [7, 11) is -0.421. The summed E-state index contributed by atoms with van der Waals surface area (Å²) in [6, 6.07) is 7.65. The van der Waals surface area contributed by atoms with Gasteiger partial charge in [0, 0.05) is 30.3 Å². The fourth-order valence-electron chi connectivity index (χ4n) is 3.31. The average Bonchev–Trinajstić information content (AvgIpc) is 3.30. The SMILES string of the molecule is CC(CS)C(=O)NCC1=CCC(NC(=O)OCc2ccc(B3OC(C)(C)C(C)(C)O3)cc2)=C1. The molecule has 1 saturated heterocycles. The van der Waals surface area contributed by atoms with Crippen LogP contribution >= 0.6 is 12.6 Å². The number of nitrogens with one attached hydrogen (secondary N) is 2. The Kier molecular flexibility index (Phi) is 7.98. The molecule has 33 heavy (non-hydrogen) atoms. The van der Waals surface area contributed by atoms with Gasteiger partial charge in [-0.15, -0.1) is 0 Å². The topological polar surface area (TPSA) is 85.9 Å². The van der Waals surface area contributed by atoms with Crippen LogP contribution in [0.5, 0.6) is 0 Å². The van der Waals surface area contributed by atoms with Gasteiger partial charge >= 0.3 is 13.2 Å². The Bertz CT molecular complexity index is 927. The summed E-state index contributed by atoms with van der Waals surface area (Å²) in [4.78, 5) is 24.0. The maximum absolute atomic E-state index is 12.2. The van der Waals surface area contributed by atoms with Gasteiger partial charge in [-0.1, -0.05) is 37.3 Å². The highest BCUT2D eigenvalue weighted by Gasteiger charge is 2.51. The van der Waals surface area contributed by atoms with Crippen molar-refractivity contribution in [3.63, 3.8) is 0 Å². The molecule has 9 heteroatoms. The zero-order valence-corrected chi connectivity index (χ0v) is 20.8. The molecular weight excluding hydrogens is 439 g/mol. The fourth-order valence-corrected chi connectivity index (χ4v) is 3.47. The van der Waals surface area contributed by atoms with Crippen molar-refractivity contribution in [3.05, 3.63) is 53.3 Å². The molecule has 0 aromatic heterocycles. The molecule has 1 unspecified atom stereocenters. The molecule has 3 rings (SSSR count). The number of hydrogen-bond donors (Lipinski definition) is 3. The molecule has 2 amide bonds. The molecular formula is C24H33BN2O5S. The van der Waals surface area contributed by atoms with Crippen LogP contribution in [0, 0.1) is 5.92 Å². The van der Waals surface area contributed by atoms with E-state index in [0.717, 1.165) is 22.3 Å². The minimum Gasteiger partial charge on any atom is -0.444 e. The lowest BCUT2D eigenvalue weighted by Gasteiger charge is -2.32. The Hall–Kier alpha value is -2.23. The lowest BCUT2D eigenvalue weighted by atomic mass is 9.79. The summed E-state index contributed by atoms with van der Waals surface area (Å²) < 4.78 is 17.5. The normalized spacial score (nSPS) is 19.5. The lowest BCUT2D eigenvalue weighted by molar-refractivity contribution is -0.123. The van der Waals surface area contributed by atoms with Gasteiger partial charge in [0.25, 0.3) is 0 Å². The monoisotopic (exact) mass is 472 g/mol. The Labute approximate surface area is 201 Å². The van der Waals surface area contributed by atoms with Gasteiger partial charge in [0.1, 0.15) is 6.61 Å². The van der Waals surface area contributed by atoms with Crippen LogP contribution in [-0.4, -0.2) is 42.6 Å². The largest absolute Gasteiger partial charge is 0.494 e. The van der Waals surface area contributed by atoms with Crippen molar-refractivity contribution in [2.45, 2.75) is 58.8 Å². The molecule has 1 aromatic rings. The van der Waals surface area contributed by atoms with E-state index in [1.54, 1.807) is 0 Å². The molecule has 1 atom stereocenters. The zero-order chi connectivity index (χ0) is 24.2. The number of hydrogen-bond acceptors (Lipinski definition) is 6. The van der Waals surface area contributed by atoms with Crippen LogP contribution in [0.15, 0.2) is 47.7 Å². The second kappa shape index (κ2) is 10.4. The van der Waals surface area contributed by atoms with Crippen molar-refractivity contribution in [3.8, 4) is 0 Å². The summed E-state index contributed by atoms with van der Waals surface area (Å²) in [6.07, 6.45) is 3.89. The van der Waals surface area contributed by atoms with E-state index >= 15 is 0 Å². The first kappa shape index (κ1) is 25.4. The molecule has 1 heterocycles. The van der Waals surface area contributed by atoms with Crippen LogP contribution in [0.1, 0.15) is 46.6 Å². The maximum atomic E-state index is 12.2. The average molecular weight is 472 g/mol. The van der Waals surface area contributed by atoms with Gasteiger partial charge in [0.15, 0.2) is 0 Å². The molecule has 1 aromatic carbocycles. The highest BCUT2D eigenvalue weighted by molar-refractivity contribution is 7.80. The Morgan fingerprint density at radius 1 is 1.15 bits per heavy atom. The number of carbonyl (C=O) groups is 2. The van der Waals surface area contributed by atoms with Crippen LogP contribution in [-0.2, 0) is 25.4 Å². The zero-order valence-electron chi connectivity index (χ0n) is 19.9.